The third-order valence-corrected chi connectivity index (χ3v) is 4.90. The summed E-state index contributed by atoms with van der Waals surface area (Å²) >= 11 is 5.87. The van der Waals surface area contributed by atoms with Crippen LogP contribution in [0.25, 0.3) is 0 Å². The summed E-state index contributed by atoms with van der Waals surface area (Å²) in [5, 5.41) is 0.512. The van der Waals surface area contributed by atoms with Gasteiger partial charge in [-0.15, -0.1) is 0 Å². The van der Waals surface area contributed by atoms with Gasteiger partial charge in [0.15, 0.2) is 11.5 Å². The SMILES string of the molecule is O=S(=O)(Cc1cccc(Cl)c1)NC[C@H]1COc2ccccc2O1. The molecule has 3 rings (SSSR count). The zero-order valence-electron chi connectivity index (χ0n) is 12.2. The number of halogens is 1. The van der Waals surface area contributed by atoms with E-state index in [2.05, 4.69) is 4.72 Å². The summed E-state index contributed by atoms with van der Waals surface area (Å²) in [6.45, 7) is 0.452. The largest absolute Gasteiger partial charge is 0.486 e. The Morgan fingerprint density at radius 1 is 1.13 bits per heavy atom. The molecule has 0 spiro atoms. The number of ether oxygens (including phenoxy) is 2. The molecule has 1 atom stereocenters. The van der Waals surface area contributed by atoms with Crippen molar-refractivity contribution in [2.75, 3.05) is 13.2 Å². The molecule has 1 N–H and O–H groups in total. The molecule has 0 aliphatic carbocycles. The average molecular weight is 354 g/mol. The van der Waals surface area contributed by atoms with Crippen molar-refractivity contribution in [3.8, 4) is 11.5 Å². The quantitative estimate of drug-likeness (QED) is 0.897. The van der Waals surface area contributed by atoms with E-state index in [1.165, 1.54) is 0 Å². The fourth-order valence-electron chi connectivity index (χ4n) is 2.28. The Labute approximate surface area is 140 Å². The number of fused-ring (bicyclic) bond motifs is 1. The van der Waals surface area contributed by atoms with E-state index in [4.69, 9.17) is 21.1 Å². The normalized spacial score (nSPS) is 17.0. The molecule has 0 radical (unpaired) electrons. The van der Waals surface area contributed by atoms with Gasteiger partial charge in [-0.3, -0.25) is 0 Å². The number of nitrogens with one attached hydrogen (secondary N) is 1. The Balaban J connectivity index is 1.58. The molecule has 0 saturated carbocycles. The van der Waals surface area contributed by atoms with Crippen LogP contribution in [-0.2, 0) is 15.8 Å². The van der Waals surface area contributed by atoms with E-state index in [1.807, 2.05) is 18.2 Å². The summed E-state index contributed by atoms with van der Waals surface area (Å²) in [4.78, 5) is 0. The average Bonchev–Trinajstić information content (AvgIpc) is 2.52. The van der Waals surface area contributed by atoms with Gasteiger partial charge >= 0.3 is 0 Å². The summed E-state index contributed by atoms with van der Waals surface area (Å²) in [5.74, 6) is 1.17. The molecule has 23 heavy (non-hydrogen) atoms. The van der Waals surface area contributed by atoms with E-state index >= 15 is 0 Å². The summed E-state index contributed by atoms with van der Waals surface area (Å²) in [6, 6.07) is 14.1. The molecule has 7 heteroatoms. The lowest BCUT2D eigenvalue weighted by Crippen LogP contribution is -2.41. The minimum Gasteiger partial charge on any atom is -0.486 e. The molecule has 5 nitrogen and oxygen atoms in total. The van der Waals surface area contributed by atoms with E-state index in [0.717, 1.165) is 0 Å². The summed E-state index contributed by atoms with van der Waals surface area (Å²) < 4.78 is 38.1. The van der Waals surface area contributed by atoms with Crippen molar-refractivity contribution in [2.24, 2.45) is 0 Å². The van der Waals surface area contributed by atoms with Crippen LogP contribution in [0, 0.1) is 0 Å². The van der Waals surface area contributed by atoms with Crippen LogP contribution in [0.15, 0.2) is 48.5 Å². The molecule has 122 valence electrons. The van der Waals surface area contributed by atoms with Crippen molar-refractivity contribution in [3.05, 3.63) is 59.1 Å². The Hall–Kier alpha value is -1.76. The van der Waals surface area contributed by atoms with Gasteiger partial charge in [-0.25, -0.2) is 13.1 Å². The second-order valence-electron chi connectivity index (χ2n) is 5.24. The van der Waals surface area contributed by atoms with Crippen molar-refractivity contribution in [1.82, 2.24) is 4.72 Å². The lowest BCUT2D eigenvalue weighted by molar-refractivity contribution is 0.0943. The second-order valence-corrected chi connectivity index (χ2v) is 7.48. The van der Waals surface area contributed by atoms with Crippen LogP contribution in [-0.4, -0.2) is 27.7 Å². The van der Waals surface area contributed by atoms with Crippen molar-refractivity contribution < 1.29 is 17.9 Å². The lowest BCUT2D eigenvalue weighted by atomic mass is 10.2. The maximum absolute atomic E-state index is 12.1. The fourth-order valence-corrected chi connectivity index (χ4v) is 3.65. The second kappa shape index (κ2) is 6.78. The zero-order valence-corrected chi connectivity index (χ0v) is 13.8. The fraction of sp³-hybridized carbons (Fsp3) is 0.250. The Morgan fingerprint density at radius 2 is 1.91 bits per heavy atom. The molecule has 0 unspecified atom stereocenters. The van der Waals surface area contributed by atoms with E-state index < -0.39 is 10.0 Å². The maximum Gasteiger partial charge on any atom is 0.215 e. The first kappa shape index (κ1) is 16.1. The number of sulfonamides is 1. The van der Waals surface area contributed by atoms with Gasteiger partial charge < -0.3 is 9.47 Å². The highest BCUT2D eigenvalue weighted by molar-refractivity contribution is 7.88. The smallest absolute Gasteiger partial charge is 0.215 e. The highest BCUT2D eigenvalue weighted by Gasteiger charge is 2.22. The molecule has 1 aliphatic heterocycles. The van der Waals surface area contributed by atoms with Gasteiger partial charge in [-0.1, -0.05) is 35.9 Å². The first-order valence-corrected chi connectivity index (χ1v) is 9.15. The van der Waals surface area contributed by atoms with Crippen LogP contribution < -0.4 is 14.2 Å². The minimum absolute atomic E-state index is 0.127. The number of para-hydroxylation sites is 2. The molecular weight excluding hydrogens is 338 g/mol. The van der Waals surface area contributed by atoms with Gasteiger partial charge in [0.05, 0.1) is 12.3 Å². The van der Waals surface area contributed by atoms with Gasteiger partial charge in [0.1, 0.15) is 12.7 Å². The zero-order chi connectivity index (χ0) is 16.3. The van der Waals surface area contributed by atoms with E-state index in [9.17, 15) is 8.42 Å². The van der Waals surface area contributed by atoms with Crippen LogP contribution in [0.3, 0.4) is 0 Å². The summed E-state index contributed by atoms with van der Waals surface area (Å²) in [6.07, 6.45) is -0.362. The molecule has 0 saturated heterocycles. The molecule has 1 heterocycles. The number of hydrogen-bond donors (Lipinski definition) is 1. The maximum atomic E-state index is 12.1. The molecule has 2 aromatic carbocycles. The molecule has 0 aromatic heterocycles. The minimum atomic E-state index is -3.47. The topological polar surface area (TPSA) is 64.6 Å². The molecule has 2 aromatic rings. The van der Waals surface area contributed by atoms with Crippen molar-refractivity contribution in [2.45, 2.75) is 11.9 Å². The van der Waals surface area contributed by atoms with Crippen LogP contribution in [0.1, 0.15) is 5.56 Å². The van der Waals surface area contributed by atoms with Gasteiger partial charge in [-0.05, 0) is 29.8 Å². The number of benzene rings is 2. The highest BCUT2D eigenvalue weighted by Crippen LogP contribution is 2.30. The van der Waals surface area contributed by atoms with E-state index in [0.29, 0.717) is 28.7 Å². The van der Waals surface area contributed by atoms with Gasteiger partial charge in [-0.2, -0.15) is 0 Å². The van der Waals surface area contributed by atoms with E-state index in [-0.39, 0.29) is 18.4 Å². The predicted octanol–water partition coefficient (Wildman–Crippen LogP) is 2.60. The molecular formula is C16H16ClNO4S. The Morgan fingerprint density at radius 3 is 2.70 bits per heavy atom. The molecule has 0 fully saturated rings. The van der Waals surface area contributed by atoms with Crippen LogP contribution >= 0.6 is 11.6 Å². The highest BCUT2D eigenvalue weighted by atomic mass is 35.5. The predicted molar refractivity (Wildman–Crippen MR) is 88.4 cm³/mol. The van der Waals surface area contributed by atoms with Crippen molar-refractivity contribution in [1.29, 1.82) is 0 Å². The Kier molecular flexibility index (Phi) is 4.75. The first-order valence-electron chi connectivity index (χ1n) is 7.12. The summed E-state index contributed by atoms with van der Waals surface area (Å²) in [7, 11) is -3.47. The molecule has 0 amide bonds. The van der Waals surface area contributed by atoms with Crippen molar-refractivity contribution >= 4 is 21.6 Å². The Bertz CT molecular complexity index is 794. The van der Waals surface area contributed by atoms with Gasteiger partial charge in [0.25, 0.3) is 0 Å². The molecule has 0 bridgehead atoms. The third-order valence-electron chi connectivity index (χ3n) is 3.34. The third kappa shape index (κ3) is 4.37. The molecule has 1 aliphatic rings. The van der Waals surface area contributed by atoms with Crippen LogP contribution in [0.2, 0.25) is 5.02 Å². The van der Waals surface area contributed by atoms with Crippen molar-refractivity contribution in [3.63, 3.8) is 0 Å². The summed E-state index contributed by atoms with van der Waals surface area (Å²) in [5.41, 5.74) is 0.635. The van der Waals surface area contributed by atoms with Gasteiger partial charge in [0, 0.05) is 5.02 Å². The first-order chi connectivity index (χ1) is 11.0. The van der Waals surface area contributed by atoms with E-state index in [1.54, 1.807) is 30.3 Å². The van der Waals surface area contributed by atoms with Gasteiger partial charge in [0.2, 0.25) is 10.0 Å². The van der Waals surface area contributed by atoms with Crippen LogP contribution in [0.5, 0.6) is 11.5 Å². The standard InChI is InChI=1S/C16H16ClNO4S/c17-13-5-3-4-12(8-13)11-23(19,20)18-9-14-10-21-15-6-1-2-7-16(15)22-14/h1-8,14,18H,9-11H2/t14-/m0/s1. The lowest BCUT2D eigenvalue weighted by Gasteiger charge is -2.26. The monoisotopic (exact) mass is 353 g/mol. The number of hydrogen-bond acceptors (Lipinski definition) is 4. The number of rotatable bonds is 5. The van der Waals surface area contributed by atoms with Crippen LogP contribution in [0.4, 0.5) is 0 Å².